The first-order valence-corrected chi connectivity index (χ1v) is 11.0. The second kappa shape index (κ2) is 9.52. The van der Waals surface area contributed by atoms with Crippen molar-refractivity contribution in [3.8, 4) is 0 Å². The maximum absolute atomic E-state index is 13.4. The van der Waals surface area contributed by atoms with Crippen LogP contribution in [0.4, 0.5) is 14.9 Å². The van der Waals surface area contributed by atoms with E-state index >= 15 is 0 Å². The molecule has 0 aliphatic carbocycles. The Morgan fingerprint density at radius 3 is 2.41 bits per heavy atom. The van der Waals surface area contributed by atoms with Gasteiger partial charge in [0.15, 0.2) is 0 Å². The topological polar surface area (TPSA) is 36.0 Å². The van der Waals surface area contributed by atoms with Gasteiger partial charge in [-0.2, -0.15) is 0 Å². The van der Waals surface area contributed by atoms with Crippen molar-refractivity contribution < 1.29 is 13.9 Å². The zero-order valence-corrected chi connectivity index (χ0v) is 18.6. The molecule has 1 amide bonds. The van der Waals surface area contributed by atoms with Crippen molar-refractivity contribution in [1.82, 2.24) is 9.80 Å². The molecule has 0 spiro atoms. The van der Waals surface area contributed by atoms with Gasteiger partial charge in [-0.1, -0.05) is 17.7 Å². The monoisotopic (exact) mass is 425 g/mol. The van der Waals surface area contributed by atoms with Crippen LogP contribution >= 0.6 is 11.6 Å². The van der Waals surface area contributed by atoms with Gasteiger partial charge in [-0.15, -0.1) is 0 Å². The van der Waals surface area contributed by atoms with E-state index in [1.807, 2.05) is 26.8 Å². The van der Waals surface area contributed by atoms with Gasteiger partial charge in [0.2, 0.25) is 0 Å². The third-order valence-electron chi connectivity index (χ3n) is 5.52. The molecule has 0 bridgehead atoms. The molecule has 2 heterocycles. The minimum atomic E-state index is -0.687. The number of rotatable bonds is 4. The molecule has 0 radical (unpaired) electrons. The zero-order valence-electron chi connectivity index (χ0n) is 17.8. The highest BCUT2D eigenvalue weighted by molar-refractivity contribution is 6.33. The molecule has 2 saturated heterocycles. The number of piperazine rings is 1. The van der Waals surface area contributed by atoms with Gasteiger partial charge >= 0.3 is 6.09 Å². The van der Waals surface area contributed by atoms with E-state index < -0.39 is 11.8 Å². The van der Waals surface area contributed by atoms with Gasteiger partial charge in [0.25, 0.3) is 0 Å². The molecule has 1 aromatic rings. The van der Waals surface area contributed by atoms with E-state index in [9.17, 15) is 9.18 Å². The maximum Gasteiger partial charge on any atom is 0.410 e. The van der Waals surface area contributed by atoms with Crippen LogP contribution < -0.4 is 4.90 Å². The van der Waals surface area contributed by atoms with Gasteiger partial charge in [0.05, 0.1) is 10.7 Å². The van der Waals surface area contributed by atoms with Crippen molar-refractivity contribution in [2.24, 2.45) is 0 Å². The van der Waals surface area contributed by atoms with E-state index in [0.717, 1.165) is 49.9 Å². The maximum atomic E-state index is 13.4. The normalized spacial score (nSPS) is 19.5. The Hall–Kier alpha value is -1.53. The number of benzene rings is 1. The number of hydrogen-bond acceptors (Lipinski definition) is 4. The molecule has 0 saturated carbocycles. The molecule has 0 aromatic heterocycles. The standard InChI is InChI=1S/C22H33ClFN3O2/c1-22(2,3)29-21(28)27-14-12-25(13-15-27)9-6-17-4-5-19(23)20(16-17)26-10-7-18(24)8-11-26/h4-5,16,18H,6-15H2,1-3H3. The number of nitrogens with zero attached hydrogens (tertiary/aromatic N) is 3. The lowest BCUT2D eigenvalue weighted by molar-refractivity contribution is 0.0146. The third-order valence-corrected chi connectivity index (χ3v) is 5.84. The molecule has 0 unspecified atom stereocenters. The Labute approximate surface area is 178 Å². The summed E-state index contributed by atoms with van der Waals surface area (Å²) >= 11 is 6.41. The summed E-state index contributed by atoms with van der Waals surface area (Å²) in [6, 6.07) is 6.18. The molecular weight excluding hydrogens is 393 g/mol. The van der Waals surface area contributed by atoms with E-state index in [0.29, 0.717) is 25.9 Å². The SMILES string of the molecule is CC(C)(C)OC(=O)N1CCN(CCc2ccc(Cl)c(N3CCC(F)CC3)c2)CC1. The van der Waals surface area contributed by atoms with Gasteiger partial charge in [0, 0.05) is 45.8 Å². The van der Waals surface area contributed by atoms with Crippen LogP contribution in [0.2, 0.25) is 5.02 Å². The highest BCUT2D eigenvalue weighted by Gasteiger charge is 2.26. The Bertz CT molecular complexity index is 694. The number of piperidine rings is 1. The van der Waals surface area contributed by atoms with Crippen molar-refractivity contribution in [3.63, 3.8) is 0 Å². The van der Waals surface area contributed by atoms with Gasteiger partial charge < -0.3 is 14.5 Å². The summed E-state index contributed by atoms with van der Waals surface area (Å²) in [5, 5.41) is 0.733. The van der Waals surface area contributed by atoms with Crippen molar-refractivity contribution >= 4 is 23.4 Å². The van der Waals surface area contributed by atoms with Crippen LogP contribution in [0.3, 0.4) is 0 Å². The molecular formula is C22H33ClFN3O2. The average Bonchev–Trinajstić information content (AvgIpc) is 2.67. The van der Waals surface area contributed by atoms with Gasteiger partial charge in [-0.3, -0.25) is 4.90 Å². The van der Waals surface area contributed by atoms with Crippen LogP contribution in [-0.2, 0) is 11.2 Å². The van der Waals surface area contributed by atoms with Crippen LogP contribution in [0.15, 0.2) is 18.2 Å². The molecule has 2 fully saturated rings. The summed E-state index contributed by atoms with van der Waals surface area (Å²) in [6.07, 6.45) is 1.16. The van der Waals surface area contributed by atoms with Gasteiger partial charge in [0.1, 0.15) is 11.8 Å². The Morgan fingerprint density at radius 2 is 1.79 bits per heavy atom. The van der Waals surface area contributed by atoms with E-state index in [4.69, 9.17) is 16.3 Å². The number of amides is 1. The lowest BCUT2D eigenvalue weighted by atomic mass is 10.1. The molecule has 3 rings (SSSR count). The van der Waals surface area contributed by atoms with E-state index in [-0.39, 0.29) is 6.09 Å². The zero-order chi connectivity index (χ0) is 21.0. The smallest absolute Gasteiger partial charge is 0.410 e. The number of anilines is 1. The fourth-order valence-corrected chi connectivity index (χ4v) is 4.05. The summed E-state index contributed by atoms with van der Waals surface area (Å²) < 4.78 is 18.9. The summed E-state index contributed by atoms with van der Waals surface area (Å²) in [4.78, 5) is 18.5. The molecule has 5 nitrogen and oxygen atoms in total. The van der Waals surface area contributed by atoms with Crippen molar-refractivity contribution in [1.29, 1.82) is 0 Å². The molecule has 0 N–H and O–H groups in total. The van der Waals surface area contributed by atoms with Crippen molar-refractivity contribution in [2.75, 3.05) is 50.7 Å². The second-order valence-corrected chi connectivity index (χ2v) is 9.41. The summed E-state index contributed by atoms with van der Waals surface area (Å²) in [5.74, 6) is 0. The van der Waals surface area contributed by atoms with Gasteiger partial charge in [-0.25, -0.2) is 9.18 Å². The number of carbonyl (C=O) groups excluding carboxylic acids is 1. The fourth-order valence-electron chi connectivity index (χ4n) is 3.81. The molecule has 2 aliphatic heterocycles. The van der Waals surface area contributed by atoms with E-state index in [2.05, 4.69) is 21.9 Å². The molecule has 0 atom stereocenters. The Morgan fingerprint density at radius 1 is 1.14 bits per heavy atom. The summed E-state index contributed by atoms with van der Waals surface area (Å²) in [6.45, 7) is 11.1. The quantitative estimate of drug-likeness (QED) is 0.717. The fraction of sp³-hybridized carbons (Fsp3) is 0.682. The van der Waals surface area contributed by atoms with Crippen LogP contribution in [0.5, 0.6) is 0 Å². The lowest BCUT2D eigenvalue weighted by Gasteiger charge is -2.35. The van der Waals surface area contributed by atoms with Crippen LogP contribution in [0.1, 0.15) is 39.2 Å². The predicted molar refractivity (Wildman–Crippen MR) is 116 cm³/mol. The number of hydrogen-bond donors (Lipinski definition) is 0. The first-order chi connectivity index (χ1) is 13.7. The average molecular weight is 426 g/mol. The number of carbonyl (C=O) groups is 1. The van der Waals surface area contributed by atoms with Gasteiger partial charge in [-0.05, 0) is 57.7 Å². The second-order valence-electron chi connectivity index (χ2n) is 9.01. The Kier molecular flexibility index (Phi) is 7.28. The largest absolute Gasteiger partial charge is 0.444 e. The molecule has 2 aliphatic rings. The lowest BCUT2D eigenvalue weighted by Crippen LogP contribution is -2.50. The Balaban J connectivity index is 1.48. The highest BCUT2D eigenvalue weighted by Crippen LogP contribution is 2.30. The number of alkyl halides is 1. The highest BCUT2D eigenvalue weighted by atomic mass is 35.5. The summed E-state index contributed by atoms with van der Waals surface area (Å²) in [5.41, 5.74) is 1.80. The van der Waals surface area contributed by atoms with Crippen LogP contribution in [0, 0.1) is 0 Å². The molecule has 29 heavy (non-hydrogen) atoms. The first-order valence-electron chi connectivity index (χ1n) is 10.6. The summed E-state index contributed by atoms with van der Waals surface area (Å²) in [7, 11) is 0. The van der Waals surface area contributed by atoms with Crippen LogP contribution in [-0.4, -0.2) is 73.5 Å². The van der Waals surface area contributed by atoms with E-state index in [1.54, 1.807) is 4.90 Å². The first kappa shape index (κ1) is 22.2. The van der Waals surface area contributed by atoms with Crippen molar-refractivity contribution in [3.05, 3.63) is 28.8 Å². The minimum absolute atomic E-state index is 0.225. The van der Waals surface area contributed by atoms with Crippen LogP contribution in [0.25, 0.3) is 0 Å². The predicted octanol–water partition coefficient (Wildman–Crippen LogP) is 4.37. The number of ether oxygens (including phenoxy) is 1. The minimum Gasteiger partial charge on any atom is -0.444 e. The molecule has 1 aromatic carbocycles. The molecule has 162 valence electrons. The van der Waals surface area contributed by atoms with E-state index in [1.165, 1.54) is 5.56 Å². The third kappa shape index (κ3) is 6.48. The molecule has 7 heteroatoms. The number of halogens is 2. The van der Waals surface area contributed by atoms with Crippen molar-refractivity contribution in [2.45, 2.75) is 51.8 Å².